The Morgan fingerprint density at radius 2 is 1.33 bits per heavy atom. The Morgan fingerprint density at radius 1 is 0.889 bits per heavy atom. The van der Waals surface area contributed by atoms with E-state index >= 15 is 0 Å². The van der Waals surface area contributed by atoms with Crippen molar-refractivity contribution in [3.63, 3.8) is 0 Å². The number of hydrogen-bond donors (Lipinski definition) is 0. The molecular formula is C16H36N2. The summed E-state index contributed by atoms with van der Waals surface area (Å²) in [5, 5.41) is 0. The summed E-state index contributed by atoms with van der Waals surface area (Å²) in [6.45, 7) is 12.3. The largest absolute Gasteiger partial charge is 0.306 e. The van der Waals surface area contributed by atoms with E-state index in [2.05, 4.69) is 58.5 Å². The summed E-state index contributed by atoms with van der Waals surface area (Å²) in [6.07, 6.45) is 7.20. The lowest BCUT2D eigenvalue weighted by Gasteiger charge is -2.28. The standard InChI is InChI=1S/C8H17N.C8H19N/c1-9(2)8-6-4-3-5-7-8;1-6-9(7(2)3)8(4)5/h8H,3-7H2,1-2H3;7-8H,6H2,1-5H3. The first-order valence-corrected chi connectivity index (χ1v) is 7.82. The van der Waals surface area contributed by atoms with Crippen LogP contribution < -0.4 is 0 Å². The average molecular weight is 256 g/mol. The molecule has 110 valence electrons. The Hall–Kier alpha value is -0.0800. The average Bonchev–Trinajstić information content (AvgIpc) is 2.30. The van der Waals surface area contributed by atoms with Gasteiger partial charge in [0.05, 0.1) is 0 Å². The van der Waals surface area contributed by atoms with Crippen LogP contribution in [0.4, 0.5) is 0 Å². The van der Waals surface area contributed by atoms with Crippen molar-refractivity contribution in [1.29, 1.82) is 0 Å². The van der Waals surface area contributed by atoms with Crippen LogP contribution in [0.5, 0.6) is 0 Å². The molecule has 0 N–H and O–H groups in total. The monoisotopic (exact) mass is 256 g/mol. The van der Waals surface area contributed by atoms with Crippen LogP contribution in [0.25, 0.3) is 0 Å². The highest BCUT2D eigenvalue weighted by Gasteiger charge is 2.14. The van der Waals surface area contributed by atoms with Gasteiger partial charge >= 0.3 is 0 Å². The summed E-state index contributed by atoms with van der Waals surface area (Å²) in [5.41, 5.74) is 0. The molecule has 2 heteroatoms. The molecule has 1 aliphatic carbocycles. The van der Waals surface area contributed by atoms with Crippen LogP contribution in [-0.4, -0.2) is 48.6 Å². The van der Waals surface area contributed by atoms with E-state index in [-0.39, 0.29) is 0 Å². The maximum atomic E-state index is 2.46. The molecule has 0 bridgehead atoms. The van der Waals surface area contributed by atoms with Gasteiger partial charge in [-0.1, -0.05) is 26.2 Å². The fraction of sp³-hybridized carbons (Fsp3) is 1.00. The molecule has 1 rings (SSSR count). The number of rotatable bonds is 4. The van der Waals surface area contributed by atoms with Gasteiger partial charge in [-0.15, -0.1) is 0 Å². The Balaban J connectivity index is 0.000000321. The number of hydrogen-bond acceptors (Lipinski definition) is 2. The van der Waals surface area contributed by atoms with Crippen molar-refractivity contribution in [1.82, 2.24) is 9.80 Å². The molecule has 1 saturated carbocycles. The summed E-state index contributed by atoms with van der Waals surface area (Å²) in [4.78, 5) is 4.82. The third-order valence-corrected chi connectivity index (χ3v) is 4.00. The van der Waals surface area contributed by atoms with E-state index < -0.39 is 0 Å². The third-order valence-electron chi connectivity index (χ3n) is 4.00. The highest BCUT2D eigenvalue weighted by molar-refractivity contribution is 4.70. The molecule has 0 aromatic rings. The van der Waals surface area contributed by atoms with E-state index in [1.165, 1.54) is 32.1 Å². The summed E-state index contributed by atoms with van der Waals surface area (Å²) in [7, 11) is 4.38. The first-order chi connectivity index (χ1) is 8.40. The molecule has 0 saturated heterocycles. The van der Waals surface area contributed by atoms with Crippen molar-refractivity contribution in [3.05, 3.63) is 0 Å². The van der Waals surface area contributed by atoms with Gasteiger partial charge in [0.15, 0.2) is 0 Å². The Bertz CT molecular complexity index is 174. The van der Waals surface area contributed by atoms with Crippen molar-refractivity contribution in [2.75, 3.05) is 20.6 Å². The molecule has 0 aliphatic heterocycles. The molecule has 18 heavy (non-hydrogen) atoms. The van der Waals surface area contributed by atoms with Gasteiger partial charge in [0, 0.05) is 18.1 Å². The molecule has 0 amide bonds. The second-order valence-corrected chi connectivity index (χ2v) is 6.27. The number of nitrogens with zero attached hydrogens (tertiary/aromatic N) is 2. The van der Waals surface area contributed by atoms with Gasteiger partial charge in [-0.25, -0.2) is 0 Å². The minimum Gasteiger partial charge on any atom is -0.306 e. The van der Waals surface area contributed by atoms with Crippen LogP contribution in [0.2, 0.25) is 0 Å². The highest BCUT2D eigenvalue weighted by atomic mass is 15.2. The lowest BCUT2D eigenvalue weighted by atomic mass is 9.95. The van der Waals surface area contributed by atoms with Crippen molar-refractivity contribution < 1.29 is 0 Å². The summed E-state index contributed by atoms with van der Waals surface area (Å²) in [5.74, 6) is 0. The SMILES string of the molecule is CCN(C(C)C)C(C)C.CN(C)C1CCCCC1. The van der Waals surface area contributed by atoms with Gasteiger partial charge in [0.2, 0.25) is 0 Å². The van der Waals surface area contributed by atoms with Crippen LogP contribution in [0, 0.1) is 0 Å². The molecule has 0 radical (unpaired) electrons. The predicted molar refractivity (Wildman–Crippen MR) is 83.2 cm³/mol. The molecular weight excluding hydrogens is 220 g/mol. The maximum absolute atomic E-state index is 2.46. The van der Waals surface area contributed by atoms with E-state index in [9.17, 15) is 0 Å². The van der Waals surface area contributed by atoms with Crippen LogP contribution in [0.1, 0.15) is 66.7 Å². The lowest BCUT2D eigenvalue weighted by Crippen LogP contribution is -2.36. The van der Waals surface area contributed by atoms with E-state index in [1.807, 2.05) is 0 Å². The van der Waals surface area contributed by atoms with Crippen LogP contribution >= 0.6 is 0 Å². The minimum atomic E-state index is 0.690. The van der Waals surface area contributed by atoms with E-state index in [0.29, 0.717) is 12.1 Å². The van der Waals surface area contributed by atoms with Crippen LogP contribution in [-0.2, 0) is 0 Å². The zero-order valence-corrected chi connectivity index (χ0v) is 13.9. The van der Waals surface area contributed by atoms with E-state index in [1.54, 1.807) is 0 Å². The molecule has 1 aliphatic rings. The van der Waals surface area contributed by atoms with Crippen molar-refractivity contribution in [3.8, 4) is 0 Å². The van der Waals surface area contributed by atoms with Crippen LogP contribution in [0.3, 0.4) is 0 Å². The molecule has 0 aromatic carbocycles. The molecule has 1 fully saturated rings. The maximum Gasteiger partial charge on any atom is 0.00891 e. The third kappa shape index (κ3) is 7.38. The zero-order valence-electron chi connectivity index (χ0n) is 13.9. The van der Waals surface area contributed by atoms with Crippen molar-refractivity contribution in [2.45, 2.75) is 84.8 Å². The summed E-state index contributed by atoms with van der Waals surface area (Å²) < 4.78 is 0. The van der Waals surface area contributed by atoms with Gasteiger partial charge in [-0.3, -0.25) is 4.90 Å². The molecule has 2 nitrogen and oxygen atoms in total. The second kappa shape index (κ2) is 9.80. The van der Waals surface area contributed by atoms with Crippen molar-refractivity contribution in [2.24, 2.45) is 0 Å². The lowest BCUT2D eigenvalue weighted by molar-refractivity contribution is 0.185. The first-order valence-electron chi connectivity index (χ1n) is 7.82. The minimum absolute atomic E-state index is 0.690. The van der Waals surface area contributed by atoms with Gasteiger partial charge in [-0.2, -0.15) is 0 Å². The first kappa shape index (κ1) is 17.9. The van der Waals surface area contributed by atoms with Crippen LogP contribution in [0.15, 0.2) is 0 Å². The quantitative estimate of drug-likeness (QED) is 0.750. The fourth-order valence-electron chi connectivity index (χ4n) is 2.92. The Morgan fingerprint density at radius 3 is 1.50 bits per heavy atom. The van der Waals surface area contributed by atoms with Gasteiger partial charge < -0.3 is 4.90 Å². The smallest absolute Gasteiger partial charge is 0.00891 e. The van der Waals surface area contributed by atoms with Crippen molar-refractivity contribution >= 4 is 0 Å². The molecule has 0 unspecified atom stereocenters. The Labute approximate surface area is 116 Å². The highest BCUT2D eigenvalue weighted by Crippen LogP contribution is 2.20. The molecule has 0 atom stereocenters. The predicted octanol–water partition coefficient (Wildman–Crippen LogP) is 4.01. The van der Waals surface area contributed by atoms with Gasteiger partial charge in [-0.05, 0) is 61.2 Å². The van der Waals surface area contributed by atoms with Gasteiger partial charge in [0.1, 0.15) is 0 Å². The van der Waals surface area contributed by atoms with E-state index in [4.69, 9.17) is 0 Å². The van der Waals surface area contributed by atoms with E-state index in [0.717, 1.165) is 12.6 Å². The molecule has 0 heterocycles. The van der Waals surface area contributed by atoms with Gasteiger partial charge in [0.25, 0.3) is 0 Å². The molecule has 0 aromatic heterocycles. The second-order valence-electron chi connectivity index (χ2n) is 6.27. The fourth-order valence-corrected chi connectivity index (χ4v) is 2.92. The topological polar surface area (TPSA) is 6.48 Å². The summed E-state index contributed by atoms with van der Waals surface area (Å²) in [6, 6.07) is 2.27. The summed E-state index contributed by atoms with van der Waals surface area (Å²) >= 11 is 0. The normalized spacial score (nSPS) is 17.5. The zero-order chi connectivity index (χ0) is 14.1. The molecule has 0 spiro atoms. The Kier molecular flexibility index (Phi) is 9.76.